The fraction of sp³-hybridized carbons (Fsp3) is 0.0833. The molecule has 2 N–H and O–H groups in total. The maximum Gasteiger partial charge on any atom is 0.371 e. The van der Waals surface area contributed by atoms with E-state index in [-0.39, 0.29) is 18.0 Å². The molecule has 98 valence electrons. The zero-order valence-electron chi connectivity index (χ0n) is 9.59. The van der Waals surface area contributed by atoms with E-state index in [1.54, 1.807) is 0 Å². The van der Waals surface area contributed by atoms with Crippen LogP contribution < -0.4 is 5.32 Å². The number of carboxylic acid groups (broad SMARTS) is 1. The summed E-state index contributed by atoms with van der Waals surface area (Å²) in [4.78, 5) is 25.8. The highest BCUT2D eigenvalue weighted by molar-refractivity contribution is 5.92. The van der Waals surface area contributed by atoms with Gasteiger partial charge in [-0.15, -0.1) is 0 Å². The van der Waals surface area contributed by atoms with Crippen LogP contribution >= 0.6 is 0 Å². The number of amides is 1. The molecule has 2 aromatic heterocycles. The molecule has 19 heavy (non-hydrogen) atoms. The van der Waals surface area contributed by atoms with Crippen molar-refractivity contribution in [1.82, 2.24) is 10.3 Å². The van der Waals surface area contributed by atoms with Crippen LogP contribution in [0.15, 0.2) is 34.9 Å². The first-order valence-corrected chi connectivity index (χ1v) is 5.28. The summed E-state index contributed by atoms with van der Waals surface area (Å²) in [5.41, 5.74) is 0.0615. The number of hydrogen-bond acceptors (Lipinski definition) is 4. The van der Waals surface area contributed by atoms with E-state index >= 15 is 0 Å². The molecule has 0 fully saturated rings. The minimum atomic E-state index is -1.18. The van der Waals surface area contributed by atoms with Crippen LogP contribution in [0.2, 0.25) is 0 Å². The van der Waals surface area contributed by atoms with E-state index in [1.807, 2.05) is 0 Å². The van der Waals surface area contributed by atoms with Gasteiger partial charge < -0.3 is 14.8 Å². The molecule has 0 saturated carbocycles. The SMILES string of the molecule is O=C(NCc1ccc(C(=O)O)o1)c1ccc(F)cn1. The second-order valence-corrected chi connectivity index (χ2v) is 3.62. The average Bonchev–Trinajstić information content (AvgIpc) is 2.86. The lowest BCUT2D eigenvalue weighted by molar-refractivity contribution is 0.0660. The van der Waals surface area contributed by atoms with E-state index in [9.17, 15) is 14.0 Å². The van der Waals surface area contributed by atoms with Gasteiger partial charge in [-0.1, -0.05) is 0 Å². The molecule has 0 saturated heterocycles. The van der Waals surface area contributed by atoms with Crippen LogP contribution in [0.3, 0.4) is 0 Å². The summed E-state index contributed by atoms with van der Waals surface area (Å²) in [5, 5.41) is 11.1. The van der Waals surface area contributed by atoms with Gasteiger partial charge >= 0.3 is 5.97 Å². The van der Waals surface area contributed by atoms with Crippen molar-refractivity contribution in [1.29, 1.82) is 0 Å². The van der Waals surface area contributed by atoms with Crippen LogP contribution in [-0.2, 0) is 6.54 Å². The summed E-state index contributed by atoms with van der Waals surface area (Å²) in [7, 11) is 0. The number of carbonyl (C=O) groups excluding carboxylic acids is 1. The lowest BCUT2D eigenvalue weighted by Crippen LogP contribution is -2.23. The molecule has 2 rings (SSSR count). The highest BCUT2D eigenvalue weighted by atomic mass is 19.1. The molecule has 0 aromatic carbocycles. The Morgan fingerprint density at radius 2 is 2.11 bits per heavy atom. The van der Waals surface area contributed by atoms with Crippen LogP contribution in [-0.4, -0.2) is 22.0 Å². The quantitative estimate of drug-likeness (QED) is 0.871. The van der Waals surface area contributed by atoms with Crippen molar-refractivity contribution in [2.75, 3.05) is 0 Å². The van der Waals surface area contributed by atoms with Gasteiger partial charge in [0.05, 0.1) is 12.7 Å². The number of hydrogen-bond donors (Lipinski definition) is 2. The number of furan rings is 1. The Balaban J connectivity index is 1.96. The highest BCUT2D eigenvalue weighted by Crippen LogP contribution is 2.07. The molecule has 0 atom stereocenters. The molecule has 7 heteroatoms. The van der Waals surface area contributed by atoms with Gasteiger partial charge in [-0.25, -0.2) is 14.2 Å². The predicted molar refractivity (Wildman–Crippen MR) is 61.0 cm³/mol. The van der Waals surface area contributed by atoms with Gasteiger partial charge in [0.25, 0.3) is 5.91 Å². The van der Waals surface area contributed by atoms with Gasteiger partial charge in [0, 0.05) is 0 Å². The van der Waals surface area contributed by atoms with E-state index in [2.05, 4.69) is 10.3 Å². The molecule has 1 amide bonds. The number of rotatable bonds is 4. The number of nitrogens with zero attached hydrogens (tertiary/aromatic N) is 1. The van der Waals surface area contributed by atoms with E-state index in [0.29, 0.717) is 5.76 Å². The number of carboxylic acids is 1. The van der Waals surface area contributed by atoms with Gasteiger partial charge in [0.1, 0.15) is 17.3 Å². The smallest absolute Gasteiger partial charge is 0.371 e. The Morgan fingerprint density at radius 1 is 1.32 bits per heavy atom. The zero-order valence-corrected chi connectivity index (χ0v) is 9.59. The van der Waals surface area contributed by atoms with Crippen LogP contribution in [0.25, 0.3) is 0 Å². The van der Waals surface area contributed by atoms with E-state index in [1.165, 1.54) is 18.2 Å². The maximum atomic E-state index is 12.6. The van der Waals surface area contributed by atoms with Crippen LogP contribution in [0.5, 0.6) is 0 Å². The fourth-order valence-electron chi connectivity index (χ4n) is 1.36. The number of pyridine rings is 1. The topological polar surface area (TPSA) is 92.4 Å². The first kappa shape index (κ1) is 12.7. The standard InChI is InChI=1S/C12H9FN2O4/c13-7-1-3-9(14-5-7)11(16)15-6-8-2-4-10(19-8)12(17)18/h1-5H,6H2,(H,15,16)(H,17,18). The van der Waals surface area contributed by atoms with Gasteiger partial charge in [0.2, 0.25) is 5.76 Å². The molecule has 2 heterocycles. The largest absolute Gasteiger partial charge is 0.475 e. The van der Waals surface area contributed by atoms with Crippen molar-refractivity contribution in [2.45, 2.75) is 6.54 Å². The van der Waals surface area contributed by atoms with Gasteiger partial charge in [-0.3, -0.25) is 4.79 Å². The lowest BCUT2D eigenvalue weighted by Gasteiger charge is -2.02. The van der Waals surface area contributed by atoms with Crippen molar-refractivity contribution in [3.63, 3.8) is 0 Å². The summed E-state index contributed by atoms with van der Waals surface area (Å²) in [6, 6.07) is 5.11. The molecule has 0 aliphatic heterocycles. The molecular weight excluding hydrogens is 255 g/mol. The van der Waals surface area contributed by atoms with Gasteiger partial charge in [0.15, 0.2) is 0 Å². The molecule has 2 aromatic rings. The fourth-order valence-corrected chi connectivity index (χ4v) is 1.36. The Kier molecular flexibility index (Phi) is 3.56. The maximum absolute atomic E-state index is 12.6. The second kappa shape index (κ2) is 5.30. The third kappa shape index (κ3) is 3.15. The Labute approximate surface area is 106 Å². The van der Waals surface area contributed by atoms with E-state index in [4.69, 9.17) is 9.52 Å². The van der Waals surface area contributed by atoms with Gasteiger partial charge in [-0.05, 0) is 24.3 Å². The third-order valence-electron chi connectivity index (χ3n) is 2.26. The molecule has 0 spiro atoms. The molecular formula is C12H9FN2O4. The van der Waals surface area contributed by atoms with E-state index in [0.717, 1.165) is 12.3 Å². The third-order valence-corrected chi connectivity index (χ3v) is 2.26. The lowest BCUT2D eigenvalue weighted by atomic mass is 10.3. The molecule has 6 nitrogen and oxygen atoms in total. The molecule has 0 aliphatic carbocycles. The normalized spacial score (nSPS) is 10.2. The van der Waals surface area contributed by atoms with Crippen LogP contribution in [0.4, 0.5) is 4.39 Å². The number of nitrogens with one attached hydrogen (secondary N) is 1. The first-order valence-electron chi connectivity index (χ1n) is 5.28. The second-order valence-electron chi connectivity index (χ2n) is 3.62. The summed E-state index contributed by atoms with van der Waals surface area (Å²) >= 11 is 0. The Hall–Kier alpha value is -2.70. The monoisotopic (exact) mass is 264 g/mol. The Morgan fingerprint density at radius 3 is 2.68 bits per heavy atom. The van der Waals surface area contributed by atoms with Crippen molar-refractivity contribution >= 4 is 11.9 Å². The minimum Gasteiger partial charge on any atom is -0.475 e. The van der Waals surface area contributed by atoms with Crippen LogP contribution in [0, 0.1) is 5.82 Å². The van der Waals surface area contributed by atoms with Crippen molar-refractivity contribution < 1.29 is 23.5 Å². The summed E-state index contributed by atoms with van der Waals surface area (Å²) in [6.45, 7) is 0.0190. The number of aromatic nitrogens is 1. The first-order chi connectivity index (χ1) is 9.06. The zero-order chi connectivity index (χ0) is 13.8. The summed E-state index contributed by atoms with van der Waals surface area (Å²) < 4.78 is 17.6. The number of carbonyl (C=O) groups is 2. The van der Waals surface area contributed by atoms with E-state index < -0.39 is 17.7 Å². The van der Waals surface area contributed by atoms with Crippen molar-refractivity contribution in [3.05, 3.63) is 53.5 Å². The molecule has 0 unspecified atom stereocenters. The van der Waals surface area contributed by atoms with Gasteiger partial charge in [-0.2, -0.15) is 0 Å². The minimum absolute atomic E-state index is 0.0190. The Bertz CT molecular complexity index is 606. The van der Waals surface area contributed by atoms with Crippen molar-refractivity contribution in [3.8, 4) is 0 Å². The van der Waals surface area contributed by atoms with Crippen LogP contribution in [0.1, 0.15) is 26.8 Å². The van der Waals surface area contributed by atoms with Crippen molar-refractivity contribution in [2.24, 2.45) is 0 Å². The average molecular weight is 264 g/mol. The summed E-state index contributed by atoms with van der Waals surface area (Å²) in [5.74, 6) is -2.13. The number of aromatic carboxylic acids is 1. The predicted octanol–water partition coefficient (Wildman–Crippen LogP) is 1.44. The highest BCUT2D eigenvalue weighted by Gasteiger charge is 2.11. The summed E-state index contributed by atoms with van der Waals surface area (Å²) in [6.07, 6.45) is 0.935. The molecule has 0 radical (unpaired) electrons. The molecule has 0 bridgehead atoms. The number of halogens is 1. The molecule has 0 aliphatic rings.